The molecule has 4 heteroatoms. The van der Waals surface area contributed by atoms with Gasteiger partial charge in [0.2, 0.25) is 0 Å². The van der Waals surface area contributed by atoms with Crippen molar-refractivity contribution >= 4 is 18.0 Å². The lowest BCUT2D eigenvalue weighted by molar-refractivity contribution is 0.112. The number of aldehydes is 1. The van der Waals surface area contributed by atoms with Crippen LogP contribution in [0.25, 0.3) is 0 Å². The predicted octanol–water partition coefficient (Wildman–Crippen LogP) is 5.31. The van der Waals surface area contributed by atoms with Gasteiger partial charge in [-0.1, -0.05) is 48.2 Å². The third-order valence-electron chi connectivity index (χ3n) is 3.88. The Bertz CT molecular complexity index is 809. The first-order valence-corrected chi connectivity index (χ1v) is 9.00. The van der Waals surface area contributed by atoms with Gasteiger partial charge in [-0.2, -0.15) is 0 Å². The summed E-state index contributed by atoms with van der Waals surface area (Å²) in [6.45, 7) is 0.535. The number of hydrogen-bond acceptors (Lipinski definition) is 4. The van der Waals surface area contributed by atoms with Crippen LogP contribution in [0, 0.1) is 0 Å². The molecule has 0 spiro atoms. The molecule has 0 amide bonds. The Balaban J connectivity index is 1.73. The largest absolute Gasteiger partial charge is 0.493 e. The molecule has 0 fully saturated rings. The van der Waals surface area contributed by atoms with Gasteiger partial charge in [-0.25, -0.2) is 0 Å². The summed E-state index contributed by atoms with van der Waals surface area (Å²) in [7, 11) is 1.63. The summed E-state index contributed by atoms with van der Waals surface area (Å²) in [5.74, 6) is 1.41. The van der Waals surface area contributed by atoms with E-state index in [2.05, 4.69) is 18.2 Å². The maximum atomic E-state index is 11.2. The van der Waals surface area contributed by atoms with E-state index in [9.17, 15) is 4.79 Å². The van der Waals surface area contributed by atoms with E-state index in [1.54, 1.807) is 7.11 Å². The van der Waals surface area contributed by atoms with Gasteiger partial charge in [0.1, 0.15) is 6.61 Å². The Morgan fingerprint density at radius 2 is 2.00 bits per heavy atom. The first-order chi connectivity index (χ1) is 12.3. The summed E-state index contributed by atoms with van der Waals surface area (Å²) >= 11 is 1.53. The molecule has 25 heavy (non-hydrogen) atoms. The van der Waals surface area contributed by atoms with Gasteiger partial charge in [-0.3, -0.25) is 4.79 Å². The molecular formula is C21H20O3S. The second kappa shape index (κ2) is 8.58. The highest BCUT2D eigenvalue weighted by Gasteiger charge is 2.09. The summed E-state index contributed by atoms with van der Waals surface area (Å²) in [6, 6.07) is 13.4. The van der Waals surface area contributed by atoms with E-state index in [-0.39, 0.29) is 0 Å². The van der Waals surface area contributed by atoms with Gasteiger partial charge < -0.3 is 9.47 Å². The standard InChI is InChI=1S/C21H20O3S/c1-23-20-13-18(25-21-10-6-5-9-17(21)14-22)11-12-19(20)24-15-16-7-3-2-4-8-16/h3,5-14H,2,4,15H2,1H3. The highest BCUT2D eigenvalue weighted by Crippen LogP contribution is 2.36. The first-order valence-electron chi connectivity index (χ1n) is 8.18. The summed E-state index contributed by atoms with van der Waals surface area (Å²) in [5.41, 5.74) is 1.87. The molecule has 0 saturated carbocycles. The van der Waals surface area contributed by atoms with Gasteiger partial charge in [-0.15, -0.1) is 0 Å². The Morgan fingerprint density at radius 1 is 1.12 bits per heavy atom. The second-order valence-corrected chi connectivity index (χ2v) is 6.73. The number of benzene rings is 2. The topological polar surface area (TPSA) is 35.5 Å². The number of carbonyl (C=O) groups is 1. The van der Waals surface area contributed by atoms with E-state index in [0.717, 1.165) is 34.7 Å². The monoisotopic (exact) mass is 352 g/mol. The van der Waals surface area contributed by atoms with Crippen LogP contribution < -0.4 is 9.47 Å². The molecule has 1 aliphatic rings. The molecule has 0 N–H and O–H groups in total. The van der Waals surface area contributed by atoms with Crippen molar-refractivity contribution in [3.8, 4) is 11.5 Å². The number of ether oxygens (including phenoxy) is 2. The quantitative estimate of drug-likeness (QED) is 0.632. The van der Waals surface area contributed by atoms with Gasteiger partial charge in [0.15, 0.2) is 17.8 Å². The molecule has 1 aliphatic carbocycles. The lowest BCUT2D eigenvalue weighted by Gasteiger charge is -2.14. The smallest absolute Gasteiger partial charge is 0.161 e. The number of hydrogen-bond donors (Lipinski definition) is 0. The van der Waals surface area contributed by atoms with Gasteiger partial charge in [0.25, 0.3) is 0 Å². The summed E-state index contributed by atoms with van der Waals surface area (Å²) < 4.78 is 11.4. The molecule has 0 aliphatic heterocycles. The highest BCUT2D eigenvalue weighted by atomic mass is 32.2. The number of methoxy groups -OCH3 is 1. The Labute approximate surface area is 152 Å². The van der Waals surface area contributed by atoms with Crippen LogP contribution in [0.15, 0.2) is 76.1 Å². The first kappa shape index (κ1) is 17.4. The van der Waals surface area contributed by atoms with E-state index < -0.39 is 0 Å². The summed E-state index contributed by atoms with van der Waals surface area (Å²) in [4.78, 5) is 13.1. The molecule has 0 radical (unpaired) electrons. The van der Waals surface area contributed by atoms with Crippen LogP contribution >= 0.6 is 11.8 Å². The van der Waals surface area contributed by atoms with Gasteiger partial charge >= 0.3 is 0 Å². The fourth-order valence-corrected chi connectivity index (χ4v) is 3.50. The Hall–Kier alpha value is -2.46. The number of allylic oxidation sites excluding steroid dienone is 2. The maximum Gasteiger partial charge on any atom is 0.161 e. The van der Waals surface area contributed by atoms with E-state index in [1.165, 1.54) is 17.3 Å². The van der Waals surface area contributed by atoms with Crippen LogP contribution in [0.3, 0.4) is 0 Å². The average Bonchev–Trinajstić information content (AvgIpc) is 2.68. The molecule has 0 atom stereocenters. The molecule has 0 unspecified atom stereocenters. The number of rotatable bonds is 7. The third kappa shape index (κ3) is 4.54. The molecule has 0 bridgehead atoms. The fraction of sp³-hybridized carbons (Fsp3) is 0.190. The predicted molar refractivity (Wildman–Crippen MR) is 101 cm³/mol. The zero-order valence-corrected chi connectivity index (χ0v) is 14.9. The molecule has 128 valence electrons. The SMILES string of the molecule is COc1cc(Sc2ccccc2C=O)ccc1OCC1=CCCC=C1. The van der Waals surface area contributed by atoms with Gasteiger partial charge in [0.05, 0.1) is 7.11 Å². The number of carbonyl (C=O) groups excluding carboxylic acids is 1. The van der Waals surface area contributed by atoms with Crippen LogP contribution in [-0.4, -0.2) is 20.0 Å². The lowest BCUT2D eigenvalue weighted by Crippen LogP contribution is -2.02. The van der Waals surface area contributed by atoms with E-state index >= 15 is 0 Å². The van der Waals surface area contributed by atoms with Crippen LogP contribution in [-0.2, 0) is 0 Å². The molecular weight excluding hydrogens is 332 g/mol. The summed E-state index contributed by atoms with van der Waals surface area (Å²) in [6.07, 6.45) is 9.52. The van der Waals surface area contributed by atoms with E-state index in [1.807, 2.05) is 42.5 Å². The van der Waals surface area contributed by atoms with Crippen molar-refractivity contribution in [1.82, 2.24) is 0 Å². The minimum Gasteiger partial charge on any atom is -0.493 e. The molecule has 0 heterocycles. The Kier molecular flexibility index (Phi) is 5.96. The van der Waals surface area contributed by atoms with Crippen molar-refractivity contribution in [2.24, 2.45) is 0 Å². The van der Waals surface area contributed by atoms with Crippen LogP contribution in [0.4, 0.5) is 0 Å². The maximum absolute atomic E-state index is 11.2. The second-order valence-electron chi connectivity index (χ2n) is 5.62. The molecule has 3 nitrogen and oxygen atoms in total. The molecule has 2 aromatic carbocycles. The summed E-state index contributed by atoms with van der Waals surface area (Å²) in [5, 5.41) is 0. The molecule has 0 saturated heterocycles. The fourth-order valence-electron chi connectivity index (χ4n) is 2.56. The van der Waals surface area contributed by atoms with Crippen molar-refractivity contribution in [2.45, 2.75) is 22.6 Å². The molecule has 3 rings (SSSR count). The van der Waals surface area contributed by atoms with Crippen molar-refractivity contribution in [3.05, 3.63) is 71.8 Å². The van der Waals surface area contributed by atoms with Gasteiger partial charge in [-0.05, 0) is 42.7 Å². The van der Waals surface area contributed by atoms with Crippen molar-refractivity contribution in [2.75, 3.05) is 13.7 Å². The van der Waals surface area contributed by atoms with Crippen LogP contribution in [0.2, 0.25) is 0 Å². The van der Waals surface area contributed by atoms with E-state index in [0.29, 0.717) is 17.9 Å². The average molecular weight is 352 g/mol. The van der Waals surface area contributed by atoms with Crippen LogP contribution in [0.1, 0.15) is 23.2 Å². The van der Waals surface area contributed by atoms with Crippen molar-refractivity contribution in [3.63, 3.8) is 0 Å². The minimum absolute atomic E-state index is 0.535. The Morgan fingerprint density at radius 3 is 2.76 bits per heavy atom. The van der Waals surface area contributed by atoms with Crippen molar-refractivity contribution in [1.29, 1.82) is 0 Å². The van der Waals surface area contributed by atoms with E-state index in [4.69, 9.17) is 9.47 Å². The van der Waals surface area contributed by atoms with Crippen molar-refractivity contribution < 1.29 is 14.3 Å². The van der Waals surface area contributed by atoms with Crippen LogP contribution in [0.5, 0.6) is 11.5 Å². The zero-order valence-electron chi connectivity index (χ0n) is 14.1. The molecule has 2 aromatic rings. The third-order valence-corrected chi connectivity index (χ3v) is 4.96. The minimum atomic E-state index is 0.535. The van der Waals surface area contributed by atoms with Gasteiger partial charge in [0, 0.05) is 15.4 Å². The highest BCUT2D eigenvalue weighted by molar-refractivity contribution is 7.99. The zero-order chi connectivity index (χ0) is 17.5. The molecule has 0 aromatic heterocycles. The normalized spacial score (nSPS) is 13.2. The lowest BCUT2D eigenvalue weighted by atomic mass is 10.1.